The summed E-state index contributed by atoms with van der Waals surface area (Å²) in [5, 5.41) is 4.32. The Morgan fingerprint density at radius 1 is 1.19 bits per heavy atom. The molecule has 140 valence electrons. The van der Waals surface area contributed by atoms with Crippen molar-refractivity contribution in [2.75, 3.05) is 6.61 Å². The summed E-state index contributed by atoms with van der Waals surface area (Å²) in [6.45, 7) is 1.37. The topological polar surface area (TPSA) is 82.8 Å². The van der Waals surface area contributed by atoms with E-state index in [2.05, 4.69) is 20.1 Å². The largest absolute Gasteiger partial charge is 0.456 e. The first-order valence-electron chi connectivity index (χ1n) is 7.81. The number of pyridine rings is 1. The Kier molecular flexibility index (Phi) is 5.73. The Balaban J connectivity index is 1.80. The first-order valence-corrected chi connectivity index (χ1v) is 8.89. The summed E-state index contributed by atoms with van der Waals surface area (Å²) in [6.07, 6.45) is 6.20. The van der Waals surface area contributed by atoms with Gasteiger partial charge < -0.3 is 4.74 Å². The minimum absolute atomic E-state index is 0.158. The highest BCUT2D eigenvalue weighted by molar-refractivity contribution is 14.1. The second kappa shape index (κ2) is 8.03. The molecule has 0 fully saturated rings. The van der Waals surface area contributed by atoms with Crippen molar-refractivity contribution in [3.63, 3.8) is 0 Å². The molecule has 0 radical (unpaired) electrons. The van der Waals surface area contributed by atoms with Gasteiger partial charge in [0.05, 0.1) is 12.2 Å². The molecule has 0 N–H and O–H groups in total. The molecule has 3 heterocycles. The molecule has 7 nitrogen and oxygen atoms in total. The van der Waals surface area contributed by atoms with Gasteiger partial charge in [0.2, 0.25) is 0 Å². The van der Waals surface area contributed by atoms with Gasteiger partial charge in [-0.25, -0.2) is 14.6 Å². The third kappa shape index (κ3) is 5.49. The van der Waals surface area contributed by atoms with Crippen LogP contribution in [0.2, 0.25) is 0 Å². The van der Waals surface area contributed by atoms with E-state index in [-0.39, 0.29) is 18.1 Å². The number of ether oxygens (including phenoxy) is 1. The van der Waals surface area contributed by atoms with Crippen molar-refractivity contribution in [2.24, 2.45) is 0 Å². The molecule has 3 rings (SSSR count). The highest BCUT2D eigenvalue weighted by Crippen LogP contribution is 2.23. The van der Waals surface area contributed by atoms with Gasteiger partial charge in [0.15, 0.2) is 6.61 Å². The first-order chi connectivity index (χ1) is 12.8. The number of nitrogens with zero attached hydrogens (tertiary/aromatic N) is 5. The lowest BCUT2D eigenvalue weighted by atomic mass is 10.2. The molecule has 0 amide bonds. The molecule has 0 atom stereocenters. The molecular formula is C17H14F2IN5O2. The normalized spacial score (nSPS) is 11.4. The monoisotopic (exact) mass is 485 g/mol. The number of alkyl halides is 3. The Bertz CT molecular complexity index is 990. The van der Waals surface area contributed by atoms with Gasteiger partial charge in [0.25, 0.3) is 5.56 Å². The maximum Gasteiger partial charge on any atom is 0.329 e. The van der Waals surface area contributed by atoms with E-state index in [1.807, 2.05) is 13.0 Å². The number of hydrogen-bond donors (Lipinski definition) is 0. The molecule has 0 aliphatic heterocycles. The summed E-state index contributed by atoms with van der Waals surface area (Å²) in [5.74, 6) is 0. The predicted molar refractivity (Wildman–Crippen MR) is 102 cm³/mol. The van der Waals surface area contributed by atoms with E-state index in [9.17, 15) is 13.6 Å². The van der Waals surface area contributed by atoms with Crippen molar-refractivity contribution >= 4 is 22.6 Å². The molecular weight excluding hydrogens is 471 g/mol. The van der Waals surface area contributed by atoms with Crippen molar-refractivity contribution in [3.8, 4) is 17.3 Å². The Hall–Kier alpha value is -2.50. The van der Waals surface area contributed by atoms with Crippen LogP contribution >= 0.6 is 22.6 Å². The zero-order valence-corrected chi connectivity index (χ0v) is 16.3. The highest BCUT2D eigenvalue weighted by atomic mass is 127. The van der Waals surface area contributed by atoms with Gasteiger partial charge in [-0.05, 0) is 24.1 Å². The number of hydrogen-bond acceptors (Lipinski definition) is 6. The maximum absolute atomic E-state index is 12.8. The van der Waals surface area contributed by atoms with Crippen molar-refractivity contribution < 1.29 is 13.5 Å². The van der Waals surface area contributed by atoms with Crippen LogP contribution in [0.3, 0.4) is 0 Å². The van der Waals surface area contributed by atoms with Gasteiger partial charge in [-0.2, -0.15) is 13.9 Å². The predicted octanol–water partition coefficient (Wildman–Crippen LogP) is 2.86. The van der Waals surface area contributed by atoms with Crippen molar-refractivity contribution in [2.45, 2.75) is 17.4 Å². The fourth-order valence-electron chi connectivity index (χ4n) is 2.26. The Morgan fingerprint density at radius 3 is 2.59 bits per heavy atom. The maximum atomic E-state index is 12.8. The van der Waals surface area contributed by atoms with Crippen molar-refractivity contribution in [1.82, 2.24) is 24.7 Å². The molecule has 27 heavy (non-hydrogen) atoms. The molecule has 0 aliphatic carbocycles. The number of rotatable bonds is 6. The van der Waals surface area contributed by atoms with Gasteiger partial charge in [-0.15, -0.1) is 0 Å². The smallest absolute Gasteiger partial charge is 0.329 e. The number of aromatic nitrogens is 5. The van der Waals surface area contributed by atoms with Crippen LogP contribution in [0.4, 0.5) is 8.78 Å². The van der Waals surface area contributed by atoms with E-state index < -0.39 is 10.5 Å². The summed E-state index contributed by atoms with van der Waals surface area (Å²) >= 11 is 0.976. The molecule has 0 aromatic carbocycles. The quantitative estimate of drug-likeness (QED) is 0.395. The zero-order valence-electron chi connectivity index (χ0n) is 14.1. The summed E-state index contributed by atoms with van der Waals surface area (Å²) < 4.78 is 28.7. The lowest BCUT2D eigenvalue weighted by Crippen LogP contribution is -2.23. The molecule has 3 aromatic heterocycles. The Morgan fingerprint density at radius 2 is 1.93 bits per heavy atom. The second-order valence-corrected chi connectivity index (χ2v) is 7.32. The van der Waals surface area contributed by atoms with Gasteiger partial charge in [0, 0.05) is 59.0 Å². The molecule has 10 heteroatoms. The minimum Gasteiger partial charge on any atom is -0.456 e. The SMILES string of the molecule is Cc1cncc(Cn2nc(-c3cnc(OCC(F)(F)I)nc3)ccc2=O)c1. The van der Waals surface area contributed by atoms with E-state index in [4.69, 9.17) is 4.74 Å². The molecule has 0 unspecified atom stereocenters. The van der Waals surface area contributed by atoms with Crippen LogP contribution in [-0.2, 0) is 6.54 Å². The lowest BCUT2D eigenvalue weighted by Gasteiger charge is -2.10. The molecule has 0 spiro atoms. The van der Waals surface area contributed by atoms with Crippen LogP contribution in [0.25, 0.3) is 11.3 Å². The highest BCUT2D eigenvalue weighted by Gasteiger charge is 2.25. The average molecular weight is 485 g/mol. The summed E-state index contributed by atoms with van der Waals surface area (Å²) in [5.41, 5.74) is 2.57. The standard InChI is InChI=1S/C17H14F2IN5O2/c1-11-4-12(6-21-5-11)9-25-15(26)3-2-14(24-25)13-7-22-16(23-8-13)27-10-17(18,19)20/h2-8H,9-10H2,1H3. The van der Waals surface area contributed by atoms with Crippen molar-refractivity contribution in [3.05, 3.63) is 64.5 Å². The second-order valence-electron chi connectivity index (χ2n) is 5.74. The average Bonchev–Trinajstić information content (AvgIpc) is 2.62. The van der Waals surface area contributed by atoms with Gasteiger partial charge >= 0.3 is 9.94 Å². The summed E-state index contributed by atoms with van der Waals surface area (Å²) in [6, 6.07) is 4.71. The summed E-state index contributed by atoms with van der Waals surface area (Å²) in [4.78, 5) is 24.0. The molecule has 0 aliphatic rings. The summed E-state index contributed by atoms with van der Waals surface area (Å²) in [7, 11) is 0. The fourth-order valence-corrected chi connectivity index (χ4v) is 2.42. The number of aryl methyl sites for hydroxylation is 1. The third-order valence-corrected chi connectivity index (χ3v) is 3.73. The van der Waals surface area contributed by atoms with Crippen molar-refractivity contribution in [1.29, 1.82) is 0 Å². The zero-order chi connectivity index (χ0) is 19.4. The molecule has 0 saturated carbocycles. The van der Waals surface area contributed by atoms with Gasteiger partial charge in [0.1, 0.15) is 0 Å². The van der Waals surface area contributed by atoms with E-state index in [0.29, 0.717) is 11.3 Å². The van der Waals surface area contributed by atoms with Crippen LogP contribution < -0.4 is 10.3 Å². The van der Waals surface area contributed by atoms with E-state index in [1.165, 1.54) is 23.1 Å². The van der Waals surface area contributed by atoms with Gasteiger partial charge in [-0.3, -0.25) is 9.78 Å². The fraction of sp³-hybridized carbons (Fsp3) is 0.235. The third-order valence-electron chi connectivity index (χ3n) is 3.42. The van der Waals surface area contributed by atoms with E-state index in [1.54, 1.807) is 18.5 Å². The van der Waals surface area contributed by atoms with E-state index >= 15 is 0 Å². The molecule has 0 bridgehead atoms. The lowest BCUT2D eigenvalue weighted by molar-refractivity contribution is 0.0603. The van der Waals surface area contributed by atoms with Crippen LogP contribution in [0, 0.1) is 6.92 Å². The first kappa shape index (κ1) is 19.3. The van der Waals surface area contributed by atoms with Crippen LogP contribution in [0.1, 0.15) is 11.1 Å². The molecule has 0 saturated heterocycles. The Labute approximate surface area is 166 Å². The van der Waals surface area contributed by atoms with Crippen LogP contribution in [-0.4, -0.2) is 35.3 Å². The number of halogens is 3. The minimum atomic E-state index is -3.00. The molecule has 3 aromatic rings. The van der Waals surface area contributed by atoms with E-state index in [0.717, 1.165) is 33.7 Å². The van der Waals surface area contributed by atoms with Gasteiger partial charge in [-0.1, -0.05) is 6.07 Å². The van der Waals surface area contributed by atoms with Crippen LogP contribution in [0.5, 0.6) is 6.01 Å². The van der Waals surface area contributed by atoms with Crippen LogP contribution in [0.15, 0.2) is 47.8 Å².